The van der Waals surface area contributed by atoms with E-state index in [4.69, 9.17) is 14.3 Å². The fourth-order valence-electron chi connectivity index (χ4n) is 1.74. The number of carboxylic acid groups (broad SMARTS) is 1. The van der Waals surface area contributed by atoms with E-state index < -0.39 is 5.97 Å². The van der Waals surface area contributed by atoms with Gasteiger partial charge in [-0.05, 0) is 33.8 Å². The van der Waals surface area contributed by atoms with E-state index in [1.807, 2.05) is 20.8 Å². The van der Waals surface area contributed by atoms with E-state index in [1.54, 1.807) is 13.0 Å². The lowest BCUT2D eigenvalue weighted by atomic mass is 10.1. The summed E-state index contributed by atoms with van der Waals surface area (Å²) >= 11 is 0. The Kier molecular flexibility index (Phi) is 4.93. The summed E-state index contributed by atoms with van der Waals surface area (Å²) in [6, 6.07) is 1.55. The van der Waals surface area contributed by atoms with Crippen molar-refractivity contribution in [2.75, 3.05) is 13.2 Å². The molecule has 1 aromatic rings. The van der Waals surface area contributed by atoms with Gasteiger partial charge in [-0.2, -0.15) is 0 Å². The quantitative estimate of drug-likeness (QED) is 0.781. The van der Waals surface area contributed by atoms with Crippen molar-refractivity contribution < 1.29 is 19.1 Å². The molecule has 0 aromatic carbocycles. The zero-order chi connectivity index (χ0) is 13.8. The van der Waals surface area contributed by atoms with Crippen LogP contribution in [0.5, 0.6) is 0 Å². The summed E-state index contributed by atoms with van der Waals surface area (Å²) in [4.78, 5) is 10.8. The highest BCUT2D eigenvalue weighted by Crippen LogP contribution is 2.15. The predicted molar refractivity (Wildman–Crippen MR) is 67.8 cm³/mol. The fraction of sp³-hybridized carbons (Fsp3) is 0.615. The van der Waals surface area contributed by atoms with Crippen LogP contribution in [0.3, 0.4) is 0 Å². The van der Waals surface area contributed by atoms with Crippen LogP contribution in [0.25, 0.3) is 0 Å². The van der Waals surface area contributed by atoms with Crippen LogP contribution < -0.4 is 5.32 Å². The van der Waals surface area contributed by atoms with Crippen LogP contribution in [-0.2, 0) is 11.3 Å². The van der Waals surface area contributed by atoms with Crippen molar-refractivity contribution in [2.24, 2.45) is 0 Å². The molecule has 1 heterocycles. The average Bonchev–Trinajstić information content (AvgIpc) is 2.60. The third-order valence-corrected chi connectivity index (χ3v) is 2.63. The van der Waals surface area contributed by atoms with E-state index in [0.717, 1.165) is 5.56 Å². The van der Waals surface area contributed by atoms with E-state index >= 15 is 0 Å². The Labute approximate surface area is 107 Å². The summed E-state index contributed by atoms with van der Waals surface area (Å²) in [7, 11) is 0. The zero-order valence-corrected chi connectivity index (χ0v) is 11.4. The van der Waals surface area contributed by atoms with Gasteiger partial charge in [0, 0.05) is 25.3 Å². The molecule has 18 heavy (non-hydrogen) atoms. The molecular formula is C13H21NO4. The molecule has 5 nitrogen and oxygen atoms in total. The van der Waals surface area contributed by atoms with Gasteiger partial charge in [0.25, 0.3) is 0 Å². The first-order valence-electron chi connectivity index (χ1n) is 6.03. The van der Waals surface area contributed by atoms with Crippen molar-refractivity contribution in [2.45, 2.75) is 39.8 Å². The third kappa shape index (κ3) is 4.16. The van der Waals surface area contributed by atoms with E-state index in [2.05, 4.69) is 5.32 Å². The normalized spacial score (nSPS) is 11.8. The number of aryl methyl sites for hydroxylation is 1. The van der Waals surface area contributed by atoms with Gasteiger partial charge >= 0.3 is 5.97 Å². The largest absolute Gasteiger partial charge is 0.475 e. The molecule has 1 rings (SSSR count). The van der Waals surface area contributed by atoms with Crippen LogP contribution in [0.4, 0.5) is 0 Å². The van der Waals surface area contributed by atoms with Crippen LogP contribution in [0, 0.1) is 6.92 Å². The summed E-state index contributed by atoms with van der Waals surface area (Å²) in [6.45, 7) is 9.66. The molecular weight excluding hydrogens is 234 g/mol. The van der Waals surface area contributed by atoms with Gasteiger partial charge in [-0.15, -0.1) is 0 Å². The molecule has 0 atom stereocenters. The number of hydrogen-bond donors (Lipinski definition) is 2. The number of rotatable bonds is 7. The molecule has 0 spiro atoms. The maximum Gasteiger partial charge on any atom is 0.371 e. The minimum absolute atomic E-state index is 0.0200. The molecule has 0 aliphatic rings. The molecule has 0 aliphatic carbocycles. The Bertz CT molecular complexity index is 409. The van der Waals surface area contributed by atoms with Gasteiger partial charge in [-0.3, -0.25) is 0 Å². The maximum absolute atomic E-state index is 10.8. The summed E-state index contributed by atoms with van der Waals surface area (Å²) in [5.41, 5.74) is 0.627. The van der Waals surface area contributed by atoms with Gasteiger partial charge in [-0.1, -0.05) is 0 Å². The molecule has 0 aliphatic heterocycles. The van der Waals surface area contributed by atoms with Crippen molar-refractivity contribution in [1.29, 1.82) is 0 Å². The van der Waals surface area contributed by atoms with Crippen molar-refractivity contribution >= 4 is 5.97 Å². The summed E-state index contributed by atoms with van der Waals surface area (Å²) < 4.78 is 10.7. The number of ether oxygens (including phenoxy) is 1. The number of furan rings is 1. The lowest BCUT2D eigenvalue weighted by Crippen LogP contribution is -2.37. The van der Waals surface area contributed by atoms with Gasteiger partial charge in [-0.25, -0.2) is 4.79 Å². The maximum atomic E-state index is 10.8. The van der Waals surface area contributed by atoms with Gasteiger partial charge in [0.15, 0.2) is 0 Å². The molecule has 0 unspecified atom stereocenters. The first-order chi connectivity index (χ1) is 8.35. The van der Waals surface area contributed by atoms with Crippen LogP contribution in [-0.4, -0.2) is 29.8 Å². The molecule has 1 aromatic heterocycles. The Balaban J connectivity index is 2.51. The highest BCUT2D eigenvalue weighted by molar-refractivity contribution is 5.84. The van der Waals surface area contributed by atoms with Gasteiger partial charge in [0.05, 0.1) is 5.60 Å². The molecule has 0 radical (unpaired) electrons. The minimum Gasteiger partial charge on any atom is -0.475 e. The van der Waals surface area contributed by atoms with Gasteiger partial charge in [0.2, 0.25) is 5.76 Å². The Morgan fingerprint density at radius 3 is 2.72 bits per heavy atom. The number of carboxylic acids is 1. The molecule has 0 fully saturated rings. The van der Waals surface area contributed by atoms with Crippen molar-refractivity contribution in [3.8, 4) is 0 Å². The second-order valence-electron chi connectivity index (χ2n) is 4.79. The highest BCUT2D eigenvalue weighted by Gasteiger charge is 2.18. The number of carbonyl (C=O) groups is 1. The fourth-order valence-corrected chi connectivity index (χ4v) is 1.74. The number of nitrogens with one attached hydrogen (secondary N) is 1. The molecule has 0 saturated heterocycles. The van der Waals surface area contributed by atoms with Crippen molar-refractivity contribution in [3.63, 3.8) is 0 Å². The highest BCUT2D eigenvalue weighted by atomic mass is 16.5. The van der Waals surface area contributed by atoms with E-state index in [1.165, 1.54) is 0 Å². The smallest absolute Gasteiger partial charge is 0.371 e. The number of aromatic carboxylic acids is 1. The van der Waals surface area contributed by atoms with Crippen LogP contribution in [0.2, 0.25) is 0 Å². The summed E-state index contributed by atoms with van der Waals surface area (Å²) in [6.07, 6.45) is 0. The minimum atomic E-state index is -1.04. The second-order valence-corrected chi connectivity index (χ2v) is 4.79. The van der Waals surface area contributed by atoms with Gasteiger partial charge < -0.3 is 19.6 Å². The van der Waals surface area contributed by atoms with E-state index in [0.29, 0.717) is 25.5 Å². The van der Waals surface area contributed by atoms with Crippen molar-refractivity contribution in [1.82, 2.24) is 5.32 Å². The lowest BCUT2D eigenvalue weighted by Gasteiger charge is -2.24. The first-order valence-corrected chi connectivity index (χ1v) is 6.03. The SMILES string of the molecule is CCOC(C)(C)CNCc1cc(C(=O)O)oc1C. The summed E-state index contributed by atoms with van der Waals surface area (Å²) in [5.74, 6) is -0.429. The monoisotopic (exact) mass is 255 g/mol. The van der Waals surface area contributed by atoms with Crippen LogP contribution in [0.1, 0.15) is 42.6 Å². The van der Waals surface area contributed by atoms with E-state index in [9.17, 15) is 4.79 Å². The van der Waals surface area contributed by atoms with E-state index in [-0.39, 0.29) is 11.4 Å². The molecule has 0 bridgehead atoms. The molecule has 5 heteroatoms. The zero-order valence-electron chi connectivity index (χ0n) is 11.4. The molecule has 2 N–H and O–H groups in total. The molecule has 0 saturated carbocycles. The Morgan fingerprint density at radius 2 is 2.22 bits per heavy atom. The Morgan fingerprint density at radius 1 is 1.56 bits per heavy atom. The Hall–Kier alpha value is -1.33. The van der Waals surface area contributed by atoms with Crippen LogP contribution in [0.15, 0.2) is 10.5 Å². The molecule has 102 valence electrons. The van der Waals surface area contributed by atoms with Gasteiger partial charge in [0.1, 0.15) is 5.76 Å². The summed E-state index contributed by atoms with van der Waals surface area (Å²) in [5, 5.41) is 12.1. The lowest BCUT2D eigenvalue weighted by molar-refractivity contribution is -0.00899. The first kappa shape index (κ1) is 14.7. The van der Waals surface area contributed by atoms with Crippen LogP contribution >= 0.6 is 0 Å². The standard InChI is InChI=1S/C13H21NO4/c1-5-17-13(3,4)8-14-7-10-6-11(12(15)16)18-9(10)2/h6,14H,5,7-8H2,1-4H3,(H,15,16). The number of hydrogen-bond acceptors (Lipinski definition) is 4. The third-order valence-electron chi connectivity index (χ3n) is 2.63. The average molecular weight is 255 g/mol. The topological polar surface area (TPSA) is 71.7 Å². The van der Waals surface area contributed by atoms with Crippen molar-refractivity contribution in [3.05, 3.63) is 23.2 Å². The predicted octanol–water partition coefficient (Wildman–Crippen LogP) is 2.19. The molecule has 0 amide bonds. The second kappa shape index (κ2) is 6.02.